The maximum absolute atomic E-state index is 4.22. The van der Waals surface area contributed by atoms with Crippen LogP contribution in [0.4, 0.5) is 0 Å². The lowest BCUT2D eigenvalue weighted by atomic mass is 10.1. The van der Waals surface area contributed by atoms with Crippen LogP contribution >= 0.6 is 0 Å². The molecule has 1 aromatic heterocycles. The molecule has 1 N–H and O–H groups in total. The van der Waals surface area contributed by atoms with Crippen LogP contribution in [0.1, 0.15) is 33.2 Å². The topological polar surface area (TPSA) is 29.9 Å². The first-order valence-corrected chi connectivity index (χ1v) is 4.96. The lowest BCUT2D eigenvalue weighted by molar-refractivity contribution is 0.393. The summed E-state index contributed by atoms with van der Waals surface area (Å²) in [5, 5.41) is 7.62. The van der Waals surface area contributed by atoms with Crippen molar-refractivity contribution in [3.63, 3.8) is 0 Å². The fourth-order valence-corrected chi connectivity index (χ4v) is 1.59. The molecule has 0 saturated heterocycles. The molecule has 0 amide bonds. The molecule has 0 fully saturated rings. The maximum Gasteiger partial charge on any atom is 0.0505 e. The van der Waals surface area contributed by atoms with Gasteiger partial charge in [-0.15, -0.1) is 0 Å². The fraction of sp³-hybridized carbons (Fsp3) is 0.700. The van der Waals surface area contributed by atoms with E-state index in [0.717, 1.165) is 13.0 Å². The molecule has 0 bridgehead atoms. The van der Waals surface area contributed by atoms with E-state index in [-0.39, 0.29) is 0 Å². The number of nitrogens with one attached hydrogen (secondary N) is 1. The lowest BCUT2D eigenvalue weighted by Crippen LogP contribution is -2.28. The smallest absolute Gasteiger partial charge is 0.0505 e. The molecule has 0 aliphatic carbocycles. The molecule has 3 heteroatoms. The van der Waals surface area contributed by atoms with Crippen molar-refractivity contribution in [3.8, 4) is 0 Å². The van der Waals surface area contributed by atoms with Gasteiger partial charge in [-0.05, 0) is 32.9 Å². The first-order chi connectivity index (χ1) is 6.24. The summed E-state index contributed by atoms with van der Waals surface area (Å²) >= 11 is 0. The first-order valence-electron chi connectivity index (χ1n) is 4.96. The zero-order valence-corrected chi connectivity index (χ0v) is 8.70. The van der Waals surface area contributed by atoms with Crippen molar-refractivity contribution in [2.75, 3.05) is 6.54 Å². The molecular formula is C10H19N3. The number of hydrogen-bond donors (Lipinski definition) is 1. The van der Waals surface area contributed by atoms with E-state index < -0.39 is 0 Å². The molecule has 0 saturated carbocycles. The van der Waals surface area contributed by atoms with Crippen LogP contribution in [-0.4, -0.2) is 22.4 Å². The van der Waals surface area contributed by atoms with Crippen LogP contribution < -0.4 is 5.32 Å². The monoisotopic (exact) mass is 181 g/mol. The van der Waals surface area contributed by atoms with Crippen molar-refractivity contribution in [2.24, 2.45) is 0 Å². The molecule has 1 aromatic rings. The number of hydrogen-bond acceptors (Lipinski definition) is 2. The standard InChI is InChI=1S/C10H19N3/c1-4-11-9(2)8-10(3)13-7-5-6-12-13/h5-7,9-11H,4,8H2,1-3H3. The number of aromatic nitrogens is 2. The van der Waals surface area contributed by atoms with Crippen LogP contribution in [0, 0.1) is 0 Å². The van der Waals surface area contributed by atoms with E-state index in [0.29, 0.717) is 12.1 Å². The Bertz CT molecular complexity index is 218. The lowest BCUT2D eigenvalue weighted by Gasteiger charge is -2.18. The van der Waals surface area contributed by atoms with E-state index in [2.05, 4.69) is 31.2 Å². The molecule has 13 heavy (non-hydrogen) atoms. The second-order valence-corrected chi connectivity index (χ2v) is 3.53. The van der Waals surface area contributed by atoms with Crippen molar-refractivity contribution in [1.82, 2.24) is 15.1 Å². The molecule has 2 unspecified atom stereocenters. The zero-order valence-electron chi connectivity index (χ0n) is 8.70. The first kappa shape index (κ1) is 10.3. The predicted molar refractivity (Wildman–Crippen MR) is 54.7 cm³/mol. The quantitative estimate of drug-likeness (QED) is 0.751. The summed E-state index contributed by atoms with van der Waals surface area (Å²) in [5.74, 6) is 0. The zero-order chi connectivity index (χ0) is 9.68. The Morgan fingerprint density at radius 2 is 2.23 bits per heavy atom. The van der Waals surface area contributed by atoms with Crippen molar-refractivity contribution >= 4 is 0 Å². The fourth-order valence-electron chi connectivity index (χ4n) is 1.59. The molecule has 0 spiro atoms. The average molecular weight is 181 g/mol. The highest BCUT2D eigenvalue weighted by Crippen LogP contribution is 2.10. The van der Waals surface area contributed by atoms with Gasteiger partial charge >= 0.3 is 0 Å². The second-order valence-electron chi connectivity index (χ2n) is 3.53. The van der Waals surface area contributed by atoms with Gasteiger partial charge in [-0.25, -0.2) is 0 Å². The van der Waals surface area contributed by atoms with E-state index in [1.54, 1.807) is 0 Å². The van der Waals surface area contributed by atoms with E-state index in [9.17, 15) is 0 Å². The highest BCUT2D eigenvalue weighted by atomic mass is 15.3. The van der Waals surface area contributed by atoms with Gasteiger partial charge < -0.3 is 5.32 Å². The Morgan fingerprint density at radius 1 is 1.46 bits per heavy atom. The molecule has 0 aromatic carbocycles. The third kappa shape index (κ3) is 3.19. The van der Waals surface area contributed by atoms with Gasteiger partial charge in [-0.2, -0.15) is 5.10 Å². The molecule has 3 nitrogen and oxygen atoms in total. The summed E-state index contributed by atoms with van der Waals surface area (Å²) in [6.45, 7) is 7.58. The van der Waals surface area contributed by atoms with E-state index in [1.165, 1.54) is 0 Å². The van der Waals surface area contributed by atoms with Crippen molar-refractivity contribution in [3.05, 3.63) is 18.5 Å². The molecule has 2 atom stereocenters. The van der Waals surface area contributed by atoms with Crippen molar-refractivity contribution in [1.29, 1.82) is 0 Å². The van der Waals surface area contributed by atoms with Crippen molar-refractivity contribution < 1.29 is 0 Å². The summed E-state index contributed by atoms with van der Waals surface area (Å²) in [5.41, 5.74) is 0. The van der Waals surface area contributed by atoms with Crippen LogP contribution in [-0.2, 0) is 0 Å². The number of rotatable bonds is 5. The molecule has 0 aliphatic heterocycles. The maximum atomic E-state index is 4.22. The van der Waals surface area contributed by atoms with Crippen molar-refractivity contribution in [2.45, 2.75) is 39.3 Å². The summed E-state index contributed by atoms with van der Waals surface area (Å²) in [4.78, 5) is 0. The van der Waals surface area contributed by atoms with Gasteiger partial charge in [-0.1, -0.05) is 6.92 Å². The molecule has 74 valence electrons. The molecule has 0 aliphatic rings. The molecule has 0 radical (unpaired) electrons. The van der Waals surface area contributed by atoms with Gasteiger partial charge in [0, 0.05) is 18.4 Å². The SMILES string of the molecule is CCNC(C)CC(C)n1cccn1. The van der Waals surface area contributed by atoms with E-state index in [4.69, 9.17) is 0 Å². The third-order valence-corrected chi connectivity index (χ3v) is 2.22. The minimum absolute atomic E-state index is 0.476. The minimum atomic E-state index is 0.476. The molecular weight excluding hydrogens is 162 g/mol. The molecule has 1 heterocycles. The largest absolute Gasteiger partial charge is 0.314 e. The Labute approximate surface area is 80.1 Å². The van der Waals surface area contributed by atoms with Gasteiger partial charge in [-0.3, -0.25) is 4.68 Å². The summed E-state index contributed by atoms with van der Waals surface area (Å²) in [6.07, 6.45) is 4.97. The Kier molecular flexibility index (Phi) is 3.96. The van der Waals surface area contributed by atoms with Crippen LogP contribution in [0.15, 0.2) is 18.5 Å². The van der Waals surface area contributed by atoms with E-state index in [1.807, 2.05) is 23.1 Å². The second kappa shape index (κ2) is 5.02. The molecule has 1 rings (SSSR count). The van der Waals surface area contributed by atoms with Gasteiger partial charge in [0.2, 0.25) is 0 Å². The van der Waals surface area contributed by atoms with Crippen LogP contribution in [0.2, 0.25) is 0 Å². The van der Waals surface area contributed by atoms with Crippen LogP contribution in [0.3, 0.4) is 0 Å². The van der Waals surface area contributed by atoms with Gasteiger partial charge in [0.05, 0.1) is 6.04 Å². The minimum Gasteiger partial charge on any atom is -0.314 e. The predicted octanol–water partition coefficient (Wildman–Crippen LogP) is 1.83. The van der Waals surface area contributed by atoms with Crippen LogP contribution in [0.25, 0.3) is 0 Å². The third-order valence-electron chi connectivity index (χ3n) is 2.22. The Morgan fingerprint density at radius 3 is 2.77 bits per heavy atom. The Balaban J connectivity index is 2.37. The highest BCUT2D eigenvalue weighted by Gasteiger charge is 2.08. The van der Waals surface area contributed by atoms with Crippen LogP contribution in [0.5, 0.6) is 0 Å². The summed E-state index contributed by atoms with van der Waals surface area (Å²) in [7, 11) is 0. The normalized spacial score (nSPS) is 15.6. The Hall–Kier alpha value is -0.830. The summed E-state index contributed by atoms with van der Waals surface area (Å²) in [6, 6.07) is 3.00. The van der Waals surface area contributed by atoms with Gasteiger partial charge in [0.1, 0.15) is 0 Å². The average Bonchev–Trinajstić information content (AvgIpc) is 2.55. The van der Waals surface area contributed by atoms with E-state index >= 15 is 0 Å². The highest BCUT2D eigenvalue weighted by molar-refractivity contribution is 4.81. The number of nitrogens with zero attached hydrogens (tertiary/aromatic N) is 2. The van der Waals surface area contributed by atoms with Gasteiger partial charge in [0.25, 0.3) is 0 Å². The summed E-state index contributed by atoms with van der Waals surface area (Å²) < 4.78 is 2.01. The van der Waals surface area contributed by atoms with Gasteiger partial charge in [0.15, 0.2) is 0 Å².